The van der Waals surface area contributed by atoms with Gasteiger partial charge in [0.1, 0.15) is 17.4 Å². The Labute approximate surface area is 134 Å². The standard InChI is InChI=1S/C16H19NO5S/c1-9(2)15(16(18)19)17-23(20,21)10-6-7-12-11-4-3-5-13(11)22-14(12)8-10/h6-9,15,17H,3-5H2,1-2H3,(H,18,19). The van der Waals surface area contributed by atoms with Crippen molar-refractivity contribution in [1.29, 1.82) is 0 Å². The molecule has 0 bridgehead atoms. The maximum atomic E-state index is 12.5. The zero-order chi connectivity index (χ0) is 16.8. The van der Waals surface area contributed by atoms with Gasteiger partial charge in [0.15, 0.2) is 0 Å². The molecule has 1 unspecified atom stereocenters. The molecule has 0 radical (unpaired) electrons. The summed E-state index contributed by atoms with van der Waals surface area (Å²) in [6.45, 7) is 3.31. The zero-order valence-corrected chi connectivity index (χ0v) is 13.8. The molecular weight excluding hydrogens is 318 g/mol. The second kappa shape index (κ2) is 5.65. The fourth-order valence-electron chi connectivity index (χ4n) is 2.96. The monoisotopic (exact) mass is 337 g/mol. The summed E-state index contributed by atoms with van der Waals surface area (Å²) >= 11 is 0. The van der Waals surface area contributed by atoms with Crippen LogP contribution in [0.15, 0.2) is 27.5 Å². The number of hydrogen-bond acceptors (Lipinski definition) is 4. The highest BCUT2D eigenvalue weighted by atomic mass is 32.2. The van der Waals surface area contributed by atoms with Crippen LogP contribution in [0.1, 0.15) is 31.6 Å². The van der Waals surface area contributed by atoms with Crippen molar-refractivity contribution in [3.05, 3.63) is 29.5 Å². The first kappa shape index (κ1) is 16.0. The molecule has 0 spiro atoms. The average molecular weight is 337 g/mol. The van der Waals surface area contributed by atoms with Gasteiger partial charge in [0.05, 0.1) is 4.90 Å². The molecule has 2 N–H and O–H groups in total. The predicted molar refractivity (Wildman–Crippen MR) is 84.8 cm³/mol. The summed E-state index contributed by atoms with van der Waals surface area (Å²) in [6.07, 6.45) is 2.88. The maximum Gasteiger partial charge on any atom is 0.322 e. The molecule has 6 nitrogen and oxygen atoms in total. The number of hydrogen-bond donors (Lipinski definition) is 2. The molecule has 0 saturated heterocycles. The van der Waals surface area contributed by atoms with E-state index in [0.717, 1.165) is 36.0 Å². The Morgan fingerprint density at radius 1 is 1.30 bits per heavy atom. The SMILES string of the molecule is CC(C)C(NS(=O)(=O)c1ccc2c3c(oc2c1)CCC3)C(=O)O. The Morgan fingerprint density at radius 3 is 2.70 bits per heavy atom. The second-order valence-electron chi connectivity index (χ2n) is 6.20. The smallest absolute Gasteiger partial charge is 0.322 e. The summed E-state index contributed by atoms with van der Waals surface area (Å²) in [7, 11) is -3.92. The number of carboxylic acid groups (broad SMARTS) is 1. The lowest BCUT2D eigenvalue weighted by Crippen LogP contribution is -2.44. The van der Waals surface area contributed by atoms with Crippen LogP contribution >= 0.6 is 0 Å². The number of furan rings is 1. The Hall–Kier alpha value is -1.86. The number of rotatable bonds is 5. The van der Waals surface area contributed by atoms with Crippen LogP contribution in [0.3, 0.4) is 0 Å². The van der Waals surface area contributed by atoms with E-state index in [0.29, 0.717) is 5.58 Å². The molecule has 0 amide bonds. The van der Waals surface area contributed by atoms with Gasteiger partial charge in [-0.3, -0.25) is 4.79 Å². The lowest BCUT2D eigenvalue weighted by atomic mass is 10.1. The zero-order valence-electron chi connectivity index (χ0n) is 13.0. The van der Waals surface area contributed by atoms with Crippen LogP contribution in [0.4, 0.5) is 0 Å². The van der Waals surface area contributed by atoms with Crippen molar-refractivity contribution in [2.24, 2.45) is 5.92 Å². The number of nitrogens with one attached hydrogen (secondary N) is 1. The van der Waals surface area contributed by atoms with Crippen molar-refractivity contribution in [2.75, 3.05) is 0 Å². The summed E-state index contributed by atoms with van der Waals surface area (Å²) in [6, 6.07) is 3.54. The molecule has 1 aliphatic carbocycles. The number of carboxylic acids is 1. The molecule has 1 atom stereocenters. The van der Waals surface area contributed by atoms with E-state index in [9.17, 15) is 13.2 Å². The van der Waals surface area contributed by atoms with Gasteiger partial charge in [-0.25, -0.2) is 8.42 Å². The largest absolute Gasteiger partial charge is 0.480 e. The van der Waals surface area contributed by atoms with Gasteiger partial charge in [-0.05, 0) is 30.9 Å². The minimum atomic E-state index is -3.92. The molecule has 1 aliphatic rings. The summed E-state index contributed by atoms with van der Waals surface area (Å²) in [4.78, 5) is 11.2. The first-order valence-electron chi connectivity index (χ1n) is 7.59. The fraction of sp³-hybridized carbons (Fsp3) is 0.438. The van der Waals surface area contributed by atoms with E-state index in [4.69, 9.17) is 9.52 Å². The Balaban J connectivity index is 1.97. The van der Waals surface area contributed by atoms with Gasteiger partial charge in [0.2, 0.25) is 10.0 Å². The maximum absolute atomic E-state index is 12.5. The van der Waals surface area contributed by atoms with E-state index in [2.05, 4.69) is 4.72 Å². The lowest BCUT2D eigenvalue weighted by Gasteiger charge is -2.17. The quantitative estimate of drug-likeness (QED) is 0.873. The van der Waals surface area contributed by atoms with Crippen molar-refractivity contribution in [2.45, 2.75) is 44.0 Å². The number of carbonyl (C=O) groups is 1. The molecule has 0 saturated carbocycles. The molecule has 0 fully saturated rings. The molecule has 1 aromatic carbocycles. The third-order valence-corrected chi connectivity index (χ3v) is 5.64. The van der Waals surface area contributed by atoms with Crippen molar-refractivity contribution in [1.82, 2.24) is 4.72 Å². The summed E-state index contributed by atoms with van der Waals surface area (Å²) < 4.78 is 32.9. The van der Waals surface area contributed by atoms with Gasteiger partial charge in [0.25, 0.3) is 0 Å². The second-order valence-corrected chi connectivity index (χ2v) is 7.91. The summed E-state index contributed by atoms with van der Waals surface area (Å²) in [5.74, 6) is -0.631. The van der Waals surface area contributed by atoms with Crippen LogP contribution < -0.4 is 4.72 Å². The van der Waals surface area contributed by atoms with Gasteiger partial charge in [-0.15, -0.1) is 0 Å². The predicted octanol–water partition coefficient (Wildman–Crippen LogP) is 2.31. The number of sulfonamides is 1. The fourth-order valence-corrected chi connectivity index (χ4v) is 4.31. The van der Waals surface area contributed by atoms with E-state index in [1.165, 1.54) is 12.1 Å². The Bertz CT molecular complexity index is 866. The van der Waals surface area contributed by atoms with Gasteiger partial charge in [-0.1, -0.05) is 13.8 Å². The van der Waals surface area contributed by atoms with Gasteiger partial charge in [0, 0.05) is 23.4 Å². The van der Waals surface area contributed by atoms with E-state index >= 15 is 0 Å². The minimum Gasteiger partial charge on any atom is -0.480 e. The molecule has 1 heterocycles. The van der Waals surface area contributed by atoms with Crippen LogP contribution in [0.5, 0.6) is 0 Å². The van der Waals surface area contributed by atoms with Crippen molar-refractivity contribution < 1.29 is 22.7 Å². The highest BCUT2D eigenvalue weighted by Gasteiger charge is 2.29. The number of aryl methyl sites for hydroxylation is 2. The molecule has 0 aliphatic heterocycles. The van der Waals surface area contributed by atoms with Crippen LogP contribution in [0.25, 0.3) is 11.0 Å². The Kier molecular flexibility index (Phi) is 3.93. The van der Waals surface area contributed by atoms with E-state index in [1.807, 2.05) is 0 Å². The third kappa shape index (κ3) is 2.86. The number of fused-ring (bicyclic) bond motifs is 3. The molecule has 2 aromatic rings. The molecule has 124 valence electrons. The van der Waals surface area contributed by atoms with Crippen molar-refractivity contribution in [3.63, 3.8) is 0 Å². The van der Waals surface area contributed by atoms with E-state index in [1.54, 1.807) is 19.9 Å². The highest BCUT2D eigenvalue weighted by molar-refractivity contribution is 7.89. The van der Waals surface area contributed by atoms with Crippen LogP contribution in [-0.2, 0) is 27.7 Å². The number of benzene rings is 1. The molecule has 3 rings (SSSR count). The first-order chi connectivity index (χ1) is 10.8. The van der Waals surface area contributed by atoms with E-state index in [-0.39, 0.29) is 10.8 Å². The Morgan fingerprint density at radius 2 is 2.04 bits per heavy atom. The van der Waals surface area contributed by atoms with Gasteiger partial charge in [-0.2, -0.15) is 4.72 Å². The summed E-state index contributed by atoms with van der Waals surface area (Å²) in [5.41, 5.74) is 1.69. The van der Waals surface area contributed by atoms with Crippen LogP contribution in [-0.4, -0.2) is 25.5 Å². The van der Waals surface area contributed by atoms with Crippen LogP contribution in [0.2, 0.25) is 0 Å². The minimum absolute atomic E-state index is 0.0179. The van der Waals surface area contributed by atoms with E-state index < -0.39 is 22.0 Å². The topological polar surface area (TPSA) is 96.6 Å². The van der Waals surface area contributed by atoms with Crippen LogP contribution in [0, 0.1) is 5.92 Å². The van der Waals surface area contributed by atoms with Gasteiger partial charge < -0.3 is 9.52 Å². The molecule has 7 heteroatoms. The molecular formula is C16H19NO5S. The average Bonchev–Trinajstić information content (AvgIpc) is 3.04. The van der Waals surface area contributed by atoms with Crippen molar-refractivity contribution in [3.8, 4) is 0 Å². The van der Waals surface area contributed by atoms with Gasteiger partial charge >= 0.3 is 5.97 Å². The molecule has 1 aromatic heterocycles. The first-order valence-corrected chi connectivity index (χ1v) is 9.07. The third-order valence-electron chi connectivity index (χ3n) is 4.20. The number of aliphatic carboxylic acids is 1. The normalized spacial score (nSPS) is 16.0. The molecule has 23 heavy (non-hydrogen) atoms. The lowest BCUT2D eigenvalue weighted by molar-refractivity contribution is -0.140. The highest BCUT2D eigenvalue weighted by Crippen LogP contribution is 2.33. The van der Waals surface area contributed by atoms with Crippen molar-refractivity contribution >= 4 is 27.0 Å². The summed E-state index contributed by atoms with van der Waals surface area (Å²) in [5, 5.41) is 10.1.